The molecule has 1 saturated heterocycles. The second kappa shape index (κ2) is 9.35. The number of pyridine rings is 1. The topological polar surface area (TPSA) is 60.2 Å². The standard InChI is InChI=1S/C26H29F2N3O/c1-25(27,28)23-14-19(13-21(15-23)20-7-8-24(29)31-16-20)17-32-18-26(9-11-30-12-10-26)22-5-3-2-4-6-22/h2-8,13-16,30H,9-12,17-18H2,1H3,(H2,29,31). The van der Waals surface area contributed by atoms with Gasteiger partial charge in [-0.2, -0.15) is 0 Å². The Labute approximate surface area is 187 Å². The van der Waals surface area contributed by atoms with Crippen LogP contribution in [0.4, 0.5) is 14.6 Å². The monoisotopic (exact) mass is 437 g/mol. The molecule has 1 fully saturated rings. The number of anilines is 1. The van der Waals surface area contributed by atoms with E-state index in [0.29, 0.717) is 23.6 Å². The molecule has 0 radical (unpaired) electrons. The number of benzene rings is 2. The molecule has 4 nitrogen and oxygen atoms in total. The number of alkyl halides is 2. The zero-order valence-corrected chi connectivity index (χ0v) is 18.3. The van der Waals surface area contributed by atoms with Crippen LogP contribution in [0.1, 0.15) is 36.5 Å². The number of nitrogens with one attached hydrogen (secondary N) is 1. The van der Waals surface area contributed by atoms with E-state index >= 15 is 0 Å². The van der Waals surface area contributed by atoms with Crippen molar-refractivity contribution in [3.05, 3.63) is 83.6 Å². The first-order valence-electron chi connectivity index (χ1n) is 10.9. The summed E-state index contributed by atoms with van der Waals surface area (Å²) < 4.78 is 34.6. The summed E-state index contributed by atoms with van der Waals surface area (Å²) in [5.74, 6) is -2.56. The molecule has 1 aliphatic heterocycles. The molecule has 0 saturated carbocycles. The van der Waals surface area contributed by atoms with Crippen molar-refractivity contribution in [3.63, 3.8) is 0 Å². The number of hydrogen-bond donors (Lipinski definition) is 2. The number of ether oxygens (including phenoxy) is 1. The minimum absolute atomic E-state index is 0.0370. The highest BCUT2D eigenvalue weighted by Crippen LogP contribution is 2.35. The highest BCUT2D eigenvalue weighted by molar-refractivity contribution is 5.65. The van der Waals surface area contributed by atoms with Gasteiger partial charge in [0.2, 0.25) is 0 Å². The van der Waals surface area contributed by atoms with E-state index < -0.39 is 5.92 Å². The van der Waals surface area contributed by atoms with Gasteiger partial charge in [0, 0.05) is 29.7 Å². The van der Waals surface area contributed by atoms with E-state index in [2.05, 4.69) is 34.6 Å². The normalized spacial score (nSPS) is 16.1. The van der Waals surface area contributed by atoms with E-state index in [-0.39, 0.29) is 17.6 Å². The summed E-state index contributed by atoms with van der Waals surface area (Å²) in [4.78, 5) is 4.10. The fourth-order valence-corrected chi connectivity index (χ4v) is 4.35. The quantitative estimate of drug-likeness (QED) is 0.528. The molecule has 0 bridgehead atoms. The lowest BCUT2D eigenvalue weighted by Crippen LogP contribution is -2.43. The third-order valence-electron chi connectivity index (χ3n) is 6.21. The number of hydrogen-bond acceptors (Lipinski definition) is 4. The van der Waals surface area contributed by atoms with Crippen LogP contribution < -0.4 is 11.1 Å². The Morgan fingerprint density at radius 3 is 2.44 bits per heavy atom. The Kier molecular flexibility index (Phi) is 6.53. The van der Waals surface area contributed by atoms with E-state index in [1.807, 2.05) is 12.1 Å². The molecular formula is C26H29F2N3O. The van der Waals surface area contributed by atoms with E-state index in [1.54, 1.807) is 18.3 Å². The van der Waals surface area contributed by atoms with Crippen molar-refractivity contribution >= 4 is 5.82 Å². The minimum Gasteiger partial charge on any atom is -0.384 e. The summed E-state index contributed by atoms with van der Waals surface area (Å²) in [6.45, 7) is 3.59. The van der Waals surface area contributed by atoms with Crippen LogP contribution in [-0.4, -0.2) is 24.7 Å². The molecule has 0 atom stereocenters. The van der Waals surface area contributed by atoms with Gasteiger partial charge >= 0.3 is 0 Å². The molecule has 4 rings (SSSR count). The number of aromatic nitrogens is 1. The first-order valence-corrected chi connectivity index (χ1v) is 10.9. The lowest BCUT2D eigenvalue weighted by Gasteiger charge is -2.38. The van der Waals surface area contributed by atoms with Gasteiger partial charge < -0.3 is 15.8 Å². The summed E-state index contributed by atoms with van der Waals surface area (Å²) in [5.41, 5.74) is 8.97. The highest BCUT2D eigenvalue weighted by Gasteiger charge is 2.34. The van der Waals surface area contributed by atoms with Gasteiger partial charge in [-0.1, -0.05) is 30.3 Å². The smallest absolute Gasteiger partial charge is 0.270 e. The van der Waals surface area contributed by atoms with Gasteiger partial charge in [0.05, 0.1) is 13.2 Å². The number of halogens is 2. The molecule has 32 heavy (non-hydrogen) atoms. The molecule has 0 unspecified atom stereocenters. The maximum Gasteiger partial charge on any atom is 0.270 e. The SMILES string of the molecule is CC(F)(F)c1cc(COCC2(c3ccccc3)CCNCC2)cc(-c2ccc(N)nc2)c1. The Morgan fingerprint density at radius 2 is 1.78 bits per heavy atom. The molecule has 3 aromatic rings. The molecule has 6 heteroatoms. The Balaban J connectivity index is 1.56. The maximum absolute atomic E-state index is 14.2. The van der Waals surface area contributed by atoms with Crippen molar-refractivity contribution < 1.29 is 13.5 Å². The van der Waals surface area contributed by atoms with E-state index in [1.165, 1.54) is 17.7 Å². The van der Waals surface area contributed by atoms with Crippen LogP contribution in [0.15, 0.2) is 66.9 Å². The number of piperidine rings is 1. The van der Waals surface area contributed by atoms with Crippen molar-refractivity contribution in [1.29, 1.82) is 0 Å². The largest absolute Gasteiger partial charge is 0.384 e. The average molecular weight is 438 g/mol. The molecule has 3 N–H and O–H groups in total. The number of nitrogen functional groups attached to an aromatic ring is 1. The van der Waals surface area contributed by atoms with Gasteiger partial charge in [0.25, 0.3) is 5.92 Å². The van der Waals surface area contributed by atoms with Crippen LogP contribution in [0.3, 0.4) is 0 Å². The summed E-state index contributed by atoms with van der Waals surface area (Å²) in [6, 6.07) is 18.8. The molecule has 1 aliphatic rings. The van der Waals surface area contributed by atoms with Crippen LogP contribution in [0.5, 0.6) is 0 Å². The lowest BCUT2D eigenvalue weighted by molar-refractivity contribution is 0.0170. The van der Waals surface area contributed by atoms with E-state index in [0.717, 1.165) is 38.4 Å². The number of rotatable bonds is 7. The van der Waals surface area contributed by atoms with E-state index in [4.69, 9.17) is 10.5 Å². The van der Waals surface area contributed by atoms with Crippen LogP contribution in [0.2, 0.25) is 0 Å². The average Bonchev–Trinajstić information content (AvgIpc) is 2.80. The zero-order chi connectivity index (χ0) is 22.6. The maximum atomic E-state index is 14.2. The summed E-state index contributed by atoms with van der Waals surface area (Å²) in [6.07, 6.45) is 3.56. The number of nitrogens with zero attached hydrogens (tertiary/aromatic N) is 1. The van der Waals surface area contributed by atoms with Crippen LogP contribution in [0, 0.1) is 0 Å². The van der Waals surface area contributed by atoms with Crippen molar-refractivity contribution in [2.75, 3.05) is 25.4 Å². The molecule has 168 valence electrons. The Morgan fingerprint density at radius 1 is 1.03 bits per heavy atom. The zero-order valence-electron chi connectivity index (χ0n) is 18.3. The first kappa shape index (κ1) is 22.4. The van der Waals surface area contributed by atoms with Crippen LogP contribution >= 0.6 is 0 Å². The van der Waals surface area contributed by atoms with Crippen molar-refractivity contribution in [2.24, 2.45) is 0 Å². The van der Waals surface area contributed by atoms with Crippen molar-refractivity contribution in [3.8, 4) is 11.1 Å². The van der Waals surface area contributed by atoms with Gasteiger partial charge in [-0.05, 0) is 73.0 Å². The van der Waals surface area contributed by atoms with Gasteiger partial charge in [-0.3, -0.25) is 0 Å². The van der Waals surface area contributed by atoms with Crippen LogP contribution in [0.25, 0.3) is 11.1 Å². The molecular weight excluding hydrogens is 408 g/mol. The molecule has 2 heterocycles. The first-order chi connectivity index (χ1) is 15.4. The summed E-state index contributed by atoms with van der Waals surface area (Å²) in [7, 11) is 0. The summed E-state index contributed by atoms with van der Waals surface area (Å²) in [5, 5.41) is 3.42. The predicted molar refractivity (Wildman–Crippen MR) is 124 cm³/mol. The Bertz CT molecular complexity index is 1030. The molecule has 0 aliphatic carbocycles. The molecule has 0 spiro atoms. The Hall–Kier alpha value is -2.83. The molecule has 1 aromatic heterocycles. The second-order valence-corrected chi connectivity index (χ2v) is 8.67. The molecule has 2 aromatic carbocycles. The van der Waals surface area contributed by atoms with Crippen molar-refractivity contribution in [1.82, 2.24) is 10.3 Å². The minimum atomic E-state index is -2.95. The van der Waals surface area contributed by atoms with Gasteiger partial charge in [0.15, 0.2) is 0 Å². The highest BCUT2D eigenvalue weighted by atomic mass is 19.3. The number of nitrogens with two attached hydrogens (primary N) is 1. The third-order valence-corrected chi connectivity index (χ3v) is 6.21. The van der Waals surface area contributed by atoms with Gasteiger partial charge in [-0.25, -0.2) is 13.8 Å². The van der Waals surface area contributed by atoms with Gasteiger partial charge in [0.1, 0.15) is 5.82 Å². The van der Waals surface area contributed by atoms with Crippen molar-refractivity contribution in [2.45, 2.75) is 37.7 Å². The lowest BCUT2D eigenvalue weighted by atomic mass is 9.74. The molecule has 0 amide bonds. The third kappa shape index (κ3) is 5.14. The van der Waals surface area contributed by atoms with Crippen LogP contribution in [-0.2, 0) is 22.7 Å². The van der Waals surface area contributed by atoms with E-state index in [9.17, 15) is 8.78 Å². The summed E-state index contributed by atoms with van der Waals surface area (Å²) >= 11 is 0. The van der Waals surface area contributed by atoms with Gasteiger partial charge in [-0.15, -0.1) is 0 Å². The second-order valence-electron chi connectivity index (χ2n) is 8.67. The predicted octanol–water partition coefficient (Wildman–Crippen LogP) is 5.28. The fraction of sp³-hybridized carbons (Fsp3) is 0.346. The fourth-order valence-electron chi connectivity index (χ4n) is 4.35.